The van der Waals surface area contributed by atoms with E-state index >= 15 is 0 Å². The fraction of sp³-hybridized carbons (Fsp3) is 0.478. The van der Waals surface area contributed by atoms with Crippen molar-refractivity contribution < 1.29 is 9.53 Å². The summed E-state index contributed by atoms with van der Waals surface area (Å²) in [6.07, 6.45) is 1.60. The summed E-state index contributed by atoms with van der Waals surface area (Å²) in [5, 5.41) is 7.66. The zero-order chi connectivity index (χ0) is 23.5. The van der Waals surface area contributed by atoms with Crippen molar-refractivity contribution in [2.75, 3.05) is 45.2 Å². The molecule has 3 aromatic rings. The standard InChI is InChI=1S/C23H31N7O3/c1-5-7-19-24-15(3)20-22(31)26-21(27-30(19)20)17-14-16(8-9-18(17)33-6-2)25-23(32)29-12-10-28(4)11-13-29/h8-9,14H,5-7,10-13H2,1-4H3,(H,25,32)(H,26,27,31). The SMILES string of the molecule is CCCc1nc(C)c2c(=O)[nH]c(-c3cc(NC(=O)N4CCN(C)CC4)ccc3OCC)nn12. The fourth-order valence-corrected chi connectivity index (χ4v) is 4.03. The molecule has 0 radical (unpaired) electrons. The summed E-state index contributed by atoms with van der Waals surface area (Å²) < 4.78 is 7.42. The van der Waals surface area contributed by atoms with Gasteiger partial charge in [0.2, 0.25) is 0 Å². The van der Waals surface area contributed by atoms with Crippen LogP contribution in [-0.4, -0.2) is 75.2 Å². The molecule has 2 N–H and O–H groups in total. The number of piperazine rings is 1. The first-order chi connectivity index (χ1) is 15.9. The monoisotopic (exact) mass is 453 g/mol. The van der Waals surface area contributed by atoms with E-state index < -0.39 is 0 Å². The van der Waals surface area contributed by atoms with Crippen molar-refractivity contribution in [3.63, 3.8) is 0 Å². The second-order valence-corrected chi connectivity index (χ2v) is 8.29. The smallest absolute Gasteiger partial charge is 0.321 e. The van der Waals surface area contributed by atoms with E-state index in [4.69, 9.17) is 9.84 Å². The Labute approximate surface area is 192 Å². The number of nitrogens with one attached hydrogen (secondary N) is 2. The zero-order valence-electron chi connectivity index (χ0n) is 19.6. The number of hydrogen-bond acceptors (Lipinski definition) is 6. The quantitative estimate of drug-likeness (QED) is 0.594. The van der Waals surface area contributed by atoms with E-state index in [9.17, 15) is 9.59 Å². The number of benzene rings is 1. The molecule has 0 unspecified atom stereocenters. The third-order valence-electron chi connectivity index (χ3n) is 5.79. The minimum atomic E-state index is -0.262. The van der Waals surface area contributed by atoms with Crippen molar-refractivity contribution in [2.45, 2.75) is 33.6 Å². The summed E-state index contributed by atoms with van der Waals surface area (Å²) in [5.74, 6) is 1.68. The number of carbonyl (C=O) groups excluding carboxylic acids is 1. The minimum absolute atomic E-state index is 0.148. The van der Waals surface area contributed by atoms with Crippen LogP contribution in [0.25, 0.3) is 16.9 Å². The Morgan fingerprint density at radius 2 is 1.97 bits per heavy atom. The maximum atomic E-state index is 12.9. The van der Waals surface area contributed by atoms with Gasteiger partial charge in [0.15, 0.2) is 11.3 Å². The summed E-state index contributed by atoms with van der Waals surface area (Å²) in [4.78, 5) is 37.1. The van der Waals surface area contributed by atoms with Gasteiger partial charge in [0, 0.05) is 38.3 Å². The van der Waals surface area contributed by atoms with Crippen LogP contribution >= 0.6 is 0 Å². The number of fused-ring (bicyclic) bond motifs is 1. The molecule has 1 aliphatic heterocycles. The van der Waals surface area contributed by atoms with E-state index in [0.29, 0.717) is 60.2 Å². The number of carbonyl (C=O) groups is 1. The fourth-order valence-electron chi connectivity index (χ4n) is 4.03. The molecule has 1 aliphatic rings. The van der Waals surface area contributed by atoms with Gasteiger partial charge in [-0.15, -0.1) is 5.10 Å². The van der Waals surface area contributed by atoms with E-state index in [2.05, 4.69) is 27.1 Å². The molecule has 2 aromatic heterocycles. The van der Waals surface area contributed by atoms with Gasteiger partial charge in [0.05, 0.1) is 17.9 Å². The summed E-state index contributed by atoms with van der Waals surface area (Å²) in [6, 6.07) is 5.22. The molecule has 1 saturated heterocycles. The number of urea groups is 1. The number of aromatic nitrogens is 4. The molecule has 4 rings (SSSR count). The Balaban J connectivity index is 1.71. The van der Waals surface area contributed by atoms with Crippen LogP contribution in [-0.2, 0) is 6.42 Å². The number of likely N-dealkylation sites (N-methyl/N-ethyl adjacent to an activating group) is 1. The summed E-state index contributed by atoms with van der Waals surface area (Å²) in [5.41, 5.74) is 2.04. The van der Waals surface area contributed by atoms with Crippen LogP contribution in [0.5, 0.6) is 5.75 Å². The molecule has 0 aliphatic carbocycles. The van der Waals surface area contributed by atoms with Gasteiger partial charge in [-0.25, -0.2) is 14.3 Å². The van der Waals surface area contributed by atoms with Crippen LogP contribution in [0.3, 0.4) is 0 Å². The third kappa shape index (κ3) is 4.70. The number of nitrogens with zero attached hydrogens (tertiary/aromatic N) is 5. The first-order valence-electron chi connectivity index (χ1n) is 11.4. The van der Waals surface area contributed by atoms with Gasteiger partial charge < -0.3 is 24.8 Å². The number of hydrogen-bond donors (Lipinski definition) is 2. The highest BCUT2D eigenvalue weighted by atomic mass is 16.5. The Hall–Kier alpha value is -3.40. The molecule has 1 aromatic carbocycles. The van der Waals surface area contributed by atoms with Gasteiger partial charge in [0.25, 0.3) is 5.56 Å². The second kappa shape index (κ2) is 9.62. The number of aryl methyl sites for hydroxylation is 2. The maximum Gasteiger partial charge on any atom is 0.321 e. The van der Waals surface area contributed by atoms with Crippen molar-refractivity contribution in [3.05, 3.63) is 40.1 Å². The van der Waals surface area contributed by atoms with Gasteiger partial charge in [-0.05, 0) is 45.5 Å². The molecule has 1 fully saturated rings. The van der Waals surface area contributed by atoms with E-state index in [0.717, 1.165) is 25.3 Å². The number of anilines is 1. The van der Waals surface area contributed by atoms with Gasteiger partial charge >= 0.3 is 6.03 Å². The lowest BCUT2D eigenvalue weighted by molar-refractivity contribution is 0.164. The van der Waals surface area contributed by atoms with Crippen LogP contribution in [0.15, 0.2) is 23.0 Å². The summed E-state index contributed by atoms with van der Waals surface area (Å²) >= 11 is 0. The molecule has 0 spiro atoms. The lowest BCUT2D eigenvalue weighted by atomic mass is 10.1. The van der Waals surface area contributed by atoms with Crippen molar-refractivity contribution >= 4 is 17.2 Å². The number of amides is 2. The number of imidazole rings is 1. The average molecular weight is 454 g/mol. The van der Waals surface area contributed by atoms with Crippen LogP contribution in [0.2, 0.25) is 0 Å². The van der Waals surface area contributed by atoms with Crippen molar-refractivity contribution in [3.8, 4) is 17.1 Å². The average Bonchev–Trinajstić information content (AvgIpc) is 3.11. The summed E-state index contributed by atoms with van der Waals surface area (Å²) in [6.45, 7) is 9.27. The molecular weight excluding hydrogens is 422 g/mol. The largest absolute Gasteiger partial charge is 0.493 e. The van der Waals surface area contributed by atoms with Crippen molar-refractivity contribution in [2.24, 2.45) is 0 Å². The van der Waals surface area contributed by atoms with E-state index in [1.807, 2.05) is 20.9 Å². The Morgan fingerprint density at radius 3 is 2.67 bits per heavy atom. The van der Waals surface area contributed by atoms with E-state index in [1.54, 1.807) is 27.6 Å². The van der Waals surface area contributed by atoms with E-state index in [-0.39, 0.29) is 11.6 Å². The predicted molar refractivity (Wildman–Crippen MR) is 127 cm³/mol. The highest BCUT2D eigenvalue weighted by molar-refractivity contribution is 5.90. The topological polar surface area (TPSA) is 108 Å². The number of H-pyrrole nitrogens is 1. The third-order valence-corrected chi connectivity index (χ3v) is 5.79. The first kappa shape index (κ1) is 22.8. The normalized spacial score (nSPS) is 14.6. The first-order valence-corrected chi connectivity index (χ1v) is 11.4. The van der Waals surface area contributed by atoms with Gasteiger partial charge in [0.1, 0.15) is 11.6 Å². The van der Waals surface area contributed by atoms with Crippen LogP contribution < -0.4 is 15.6 Å². The van der Waals surface area contributed by atoms with Gasteiger partial charge in [-0.3, -0.25) is 4.79 Å². The highest BCUT2D eigenvalue weighted by Crippen LogP contribution is 2.31. The van der Waals surface area contributed by atoms with Crippen molar-refractivity contribution in [1.29, 1.82) is 0 Å². The minimum Gasteiger partial charge on any atom is -0.493 e. The van der Waals surface area contributed by atoms with Crippen molar-refractivity contribution in [1.82, 2.24) is 29.4 Å². The molecule has 0 saturated carbocycles. The maximum absolute atomic E-state index is 12.9. The number of aromatic amines is 1. The lowest BCUT2D eigenvalue weighted by Gasteiger charge is -2.32. The van der Waals surface area contributed by atoms with E-state index in [1.165, 1.54) is 0 Å². The predicted octanol–water partition coefficient (Wildman–Crippen LogP) is 2.52. The van der Waals surface area contributed by atoms with Gasteiger partial charge in [-0.1, -0.05) is 6.92 Å². The second-order valence-electron chi connectivity index (χ2n) is 8.29. The molecule has 0 atom stereocenters. The molecule has 0 bridgehead atoms. The lowest BCUT2D eigenvalue weighted by Crippen LogP contribution is -2.48. The Kier molecular flexibility index (Phi) is 6.64. The zero-order valence-corrected chi connectivity index (χ0v) is 19.6. The van der Waals surface area contributed by atoms with Crippen LogP contribution in [0, 0.1) is 6.92 Å². The highest BCUT2D eigenvalue weighted by Gasteiger charge is 2.21. The molecule has 10 heteroatoms. The number of rotatable bonds is 6. The molecule has 3 heterocycles. The molecule has 176 valence electrons. The van der Waals surface area contributed by atoms with Gasteiger partial charge in [-0.2, -0.15) is 0 Å². The molecular formula is C23H31N7O3. The molecule has 2 amide bonds. The summed E-state index contributed by atoms with van der Waals surface area (Å²) in [7, 11) is 2.05. The van der Waals surface area contributed by atoms with Crippen LogP contribution in [0.4, 0.5) is 10.5 Å². The number of ether oxygens (including phenoxy) is 1. The van der Waals surface area contributed by atoms with Crippen LogP contribution in [0.1, 0.15) is 31.8 Å². The Morgan fingerprint density at radius 1 is 1.21 bits per heavy atom. The molecule has 10 nitrogen and oxygen atoms in total. The Bertz CT molecular complexity index is 1210. The molecule has 33 heavy (non-hydrogen) atoms.